The fourth-order valence-electron chi connectivity index (χ4n) is 1.17. The van der Waals surface area contributed by atoms with Crippen LogP contribution in [0.5, 0.6) is 0 Å². The van der Waals surface area contributed by atoms with Crippen molar-refractivity contribution in [3.05, 3.63) is 0 Å². The van der Waals surface area contributed by atoms with Crippen molar-refractivity contribution in [1.82, 2.24) is 5.32 Å². The van der Waals surface area contributed by atoms with Gasteiger partial charge in [-0.15, -0.1) is 0 Å². The van der Waals surface area contributed by atoms with Crippen LogP contribution in [0.2, 0.25) is 0 Å². The van der Waals surface area contributed by atoms with Crippen LogP contribution in [0.15, 0.2) is 0 Å². The third-order valence-corrected chi connectivity index (χ3v) is 2.05. The summed E-state index contributed by atoms with van der Waals surface area (Å²) in [5, 5.41) is 3.18. The zero-order chi connectivity index (χ0) is 15.3. The van der Waals surface area contributed by atoms with Gasteiger partial charge in [0.25, 0.3) is 0 Å². The molecular formula is C14H38N2O4. The van der Waals surface area contributed by atoms with Crippen LogP contribution in [0.3, 0.4) is 0 Å². The lowest BCUT2D eigenvalue weighted by Crippen LogP contribution is -2.20. The molecule has 0 amide bonds. The quantitative estimate of drug-likeness (QED) is 0.442. The minimum absolute atomic E-state index is 0. The van der Waals surface area contributed by atoms with Gasteiger partial charge in [-0.05, 0) is 6.54 Å². The molecule has 6 nitrogen and oxygen atoms in total. The molecule has 6 heteroatoms. The lowest BCUT2D eigenvalue weighted by Gasteiger charge is -2.07. The Hall–Kier alpha value is -0.240. The van der Waals surface area contributed by atoms with E-state index >= 15 is 0 Å². The van der Waals surface area contributed by atoms with E-state index in [1.165, 1.54) is 0 Å². The number of hydrogen-bond acceptors (Lipinski definition) is 6. The molecule has 0 aliphatic carbocycles. The van der Waals surface area contributed by atoms with E-state index in [9.17, 15) is 0 Å². The van der Waals surface area contributed by atoms with E-state index in [-0.39, 0.29) is 2.85 Å². The van der Waals surface area contributed by atoms with Crippen LogP contribution >= 0.6 is 0 Å². The molecule has 0 aromatic rings. The van der Waals surface area contributed by atoms with Gasteiger partial charge in [-0.2, -0.15) is 0 Å². The number of rotatable bonds is 15. The molecule has 0 aromatic heterocycles. The molecule has 0 saturated carbocycles. The summed E-state index contributed by atoms with van der Waals surface area (Å²) >= 11 is 0. The van der Waals surface area contributed by atoms with Gasteiger partial charge in [0.05, 0.1) is 52.9 Å². The smallest absolute Gasteiger partial charge is 0.0701 e. The molecule has 0 unspecified atom stereocenters. The Labute approximate surface area is 127 Å². The average Bonchev–Trinajstić information content (AvgIpc) is 2.50. The molecule has 0 fully saturated rings. The topological polar surface area (TPSA) is 75.0 Å². The van der Waals surface area contributed by atoms with Gasteiger partial charge in [-0.25, -0.2) is 0 Å². The van der Waals surface area contributed by atoms with Crippen molar-refractivity contribution in [3.63, 3.8) is 0 Å². The van der Waals surface area contributed by atoms with Crippen molar-refractivity contribution in [1.29, 1.82) is 0 Å². The van der Waals surface area contributed by atoms with Gasteiger partial charge < -0.3 is 30.0 Å². The second-order valence-electron chi connectivity index (χ2n) is 3.59. The first-order valence-electron chi connectivity index (χ1n) is 7.63. The van der Waals surface area contributed by atoms with Gasteiger partial charge >= 0.3 is 0 Å². The van der Waals surface area contributed by atoms with Crippen molar-refractivity contribution in [2.75, 3.05) is 72.5 Å². The number of nitrogens with two attached hydrogens (primary N) is 1. The summed E-state index contributed by atoms with van der Waals surface area (Å²) in [6.45, 7) is 13.4. The molecule has 0 rings (SSSR count). The minimum Gasteiger partial charge on any atom is -0.378 e. The molecule has 0 radical (unpaired) electrons. The number of likely N-dealkylation sites (N-methyl/N-ethyl adjacent to an activating group) is 1. The average molecular weight is 298 g/mol. The molecular weight excluding hydrogens is 260 g/mol. The first kappa shape index (κ1) is 22.0. The van der Waals surface area contributed by atoms with Crippen molar-refractivity contribution >= 4 is 0 Å². The molecule has 0 spiro atoms. The Bertz CT molecular complexity index is 145. The van der Waals surface area contributed by atoms with Crippen LogP contribution in [0, 0.1) is 0 Å². The molecule has 0 aliphatic heterocycles. The van der Waals surface area contributed by atoms with Gasteiger partial charge in [0.2, 0.25) is 0 Å². The van der Waals surface area contributed by atoms with E-state index in [1.807, 2.05) is 13.8 Å². The summed E-state index contributed by atoms with van der Waals surface area (Å²) in [7, 11) is 0. The van der Waals surface area contributed by atoms with Crippen LogP contribution in [-0.2, 0) is 18.9 Å². The standard InChI is InChI=1S/C12H28N2O4.C2H6.2H2/c1-2-14-4-6-16-8-10-18-12-11-17-9-7-15-5-3-13;1-2;;/h14H,2-13H2,1H3;1-2H3;2*1H. The van der Waals surface area contributed by atoms with Crippen LogP contribution in [0.1, 0.15) is 23.6 Å². The maximum atomic E-state index is 5.35. The molecule has 0 saturated heterocycles. The molecule has 0 bridgehead atoms. The summed E-state index contributed by atoms with van der Waals surface area (Å²) in [5.74, 6) is 0. The van der Waals surface area contributed by atoms with Gasteiger partial charge in [0.15, 0.2) is 0 Å². The predicted molar refractivity (Wildman–Crippen MR) is 86.5 cm³/mol. The van der Waals surface area contributed by atoms with Crippen LogP contribution < -0.4 is 11.1 Å². The highest BCUT2D eigenvalue weighted by molar-refractivity contribution is 4.40. The lowest BCUT2D eigenvalue weighted by atomic mass is 10.6. The highest BCUT2D eigenvalue weighted by atomic mass is 16.6. The van der Waals surface area contributed by atoms with E-state index in [0.717, 1.165) is 19.7 Å². The highest BCUT2D eigenvalue weighted by Crippen LogP contribution is 1.82. The third kappa shape index (κ3) is 22.9. The summed E-state index contributed by atoms with van der Waals surface area (Å²) in [5.41, 5.74) is 5.27. The van der Waals surface area contributed by atoms with Gasteiger partial charge in [0, 0.05) is 15.9 Å². The zero-order valence-electron chi connectivity index (χ0n) is 13.5. The minimum atomic E-state index is 0. The maximum Gasteiger partial charge on any atom is 0.0701 e. The Kier molecular flexibility index (Phi) is 26.3. The van der Waals surface area contributed by atoms with E-state index in [1.54, 1.807) is 0 Å². The molecule has 128 valence electrons. The van der Waals surface area contributed by atoms with Gasteiger partial charge in [-0.1, -0.05) is 20.8 Å². The van der Waals surface area contributed by atoms with E-state index in [2.05, 4.69) is 12.2 Å². The summed E-state index contributed by atoms with van der Waals surface area (Å²) in [4.78, 5) is 0. The van der Waals surface area contributed by atoms with Gasteiger partial charge in [0.1, 0.15) is 0 Å². The molecule has 0 heterocycles. The summed E-state index contributed by atoms with van der Waals surface area (Å²) in [6.07, 6.45) is 0. The Morgan fingerprint density at radius 2 is 1.15 bits per heavy atom. The monoisotopic (exact) mass is 298 g/mol. The van der Waals surface area contributed by atoms with Crippen molar-refractivity contribution < 1.29 is 21.8 Å². The summed E-state index contributed by atoms with van der Waals surface area (Å²) in [6, 6.07) is 0. The maximum absolute atomic E-state index is 5.35. The molecule has 0 aromatic carbocycles. The SMILES string of the molecule is CC.CCNCCOCCOCCOCCOCCN.[HH].[HH]. The van der Waals surface area contributed by atoms with E-state index in [0.29, 0.717) is 52.8 Å². The van der Waals surface area contributed by atoms with Crippen LogP contribution in [0.4, 0.5) is 0 Å². The predicted octanol–water partition coefficient (Wildman–Crippen LogP) is 1.14. The summed E-state index contributed by atoms with van der Waals surface area (Å²) < 4.78 is 21.1. The van der Waals surface area contributed by atoms with Crippen LogP contribution in [0.25, 0.3) is 0 Å². The zero-order valence-corrected chi connectivity index (χ0v) is 13.5. The molecule has 0 atom stereocenters. The Morgan fingerprint density at radius 1 is 0.750 bits per heavy atom. The van der Waals surface area contributed by atoms with Crippen molar-refractivity contribution in [2.24, 2.45) is 5.73 Å². The second kappa shape index (κ2) is 23.8. The number of nitrogens with one attached hydrogen (secondary N) is 1. The normalized spacial score (nSPS) is 10.2. The fraction of sp³-hybridized carbons (Fsp3) is 1.00. The highest BCUT2D eigenvalue weighted by Gasteiger charge is 1.92. The van der Waals surface area contributed by atoms with E-state index < -0.39 is 0 Å². The first-order valence-corrected chi connectivity index (χ1v) is 7.63. The fourth-order valence-corrected chi connectivity index (χ4v) is 1.17. The Balaban J connectivity index is -0.000000387. The molecule has 3 N–H and O–H groups in total. The molecule has 0 aliphatic rings. The van der Waals surface area contributed by atoms with Crippen molar-refractivity contribution in [2.45, 2.75) is 20.8 Å². The van der Waals surface area contributed by atoms with Gasteiger partial charge in [-0.3, -0.25) is 0 Å². The number of ether oxygens (including phenoxy) is 4. The second-order valence-corrected chi connectivity index (χ2v) is 3.59. The third-order valence-electron chi connectivity index (χ3n) is 2.05. The van der Waals surface area contributed by atoms with E-state index in [4.69, 9.17) is 24.7 Å². The van der Waals surface area contributed by atoms with Crippen LogP contribution in [-0.4, -0.2) is 72.5 Å². The molecule has 20 heavy (non-hydrogen) atoms. The number of hydrogen-bond donors (Lipinski definition) is 2. The van der Waals surface area contributed by atoms with Crippen molar-refractivity contribution in [3.8, 4) is 0 Å². The Morgan fingerprint density at radius 3 is 1.55 bits per heavy atom. The lowest BCUT2D eigenvalue weighted by molar-refractivity contribution is -0.000596. The largest absolute Gasteiger partial charge is 0.378 e. The first-order chi connectivity index (χ1) is 9.91.